The molecule has 0 aliphatic carbocycles. The molecule has 0 saturated heterocycles. The van der Waals surface area contributed by atoms with E-state index in [9.17, 15) is 0 Å². The minimum absolute atomic E-state index is 0.718. The second kappa shape index (κ2) is 7.72. The van der Waals surface area contributed by atoms with Gasteiger partial charge in [0, 0.05) is 69.7 Å². The van der Waals surface area contributed by atoms with Crippen molar-refractivity contribution in [2.45, 2.75) is 19.5 Å². The van der Waals surface area contributed by atoms with Crippen LogP contribution in [0.5, 0.6) is 0 Å². The van der Waals surface area contributed by atoms with Crippen molar-refractivity contribution < 1.29 is 0 Å². The molecule has 0 N–H and O–H groups in total. The van der Waals surface area contributed by atoms with Crippen molar-refractivity contribution in [2.75, 3.05) is 6.54 Å². The Balaban J connectivity index is 1.54. The largest absolute Gasteiger partial charge is 0.294 e. The highest BCUT2D eigenvalue weighted by atomic mass is 79.9. The maximum atomic E-state index is 5.96. The van der Waals surface area contributed by atoms with Crippen molar-refractivity contribution >= 4 is 43.5 Å². The van der Waals surface area contributed by atoms with Crippen LogP contribution >= 0.6 is 43.5 Å². The molecule has 0 amide bonds. The quantitative estimate of drug-likeness (QED) is 0.497. The van der Waals surface area contributed by atoms with Gasteiger partial charge < -0.3 is 0 Å². The first kappa shape index (κ1) is 18.0. The minimum atomic E-state index is 0.718. The summed E-state index contributed by atoms with van der Waals surface area (Å²) in [5.41, 5.74) is 4.52. The Morgan fingerprint density at radius 2 is 1.77 bits per heavy atom. The Kier molecular flexibility index (Phi) is 5.36. The van der Waals surface area contributed by atoms with Crippen LogP contribution in [0, 0.1) is 0 Å². The number of hydrogen-bond donors (Lipinski definition) is 0. The second-order valence-electron chi connectivity index (χ2n) is 6.21. The van der Waals surface area contributed by atoms with Gasteiger partial charge in [-0.2, -0.15) is 0 Å². The summed E-state index contributed by atoms with van der Waals surface area (Å²) < 4.78 is 2.04. The molecule has 0 spiro atoms. The van der Waals surface area contributed by atoms with E-state index >= 15 is 0 Å². The molecule has 3 aromatic rings. The third-order valence-corrected chi connectivity index (χ3v) is 6.07. The highest BCUT2D eigenvalue weighted by Gasteiger charge is 2.20. The Labute approximate surface area is 173 Å². The van der Waals surface area contributed by atoms with E-state index in [1.54, 1.807) is 0 Å². The smallest absolute Gasteiger partial charge is 0.159 e. The van der Waals surface area contributed by atoms with Crippen LogP contribution in [0.1, 0.15) is 16.8 Å². The topological polar surface area (TPSA) is 41.9 Å². The molecule has 26 heavy (non-hydrogen) atoms. The van der Waals surface area contributed by atoms with Crippen LogP contribution in [0.25, 0.3) is 11.4 Å². The molecule has 132 valence electrons. The number of hydrogen-bond acceptors (Lipinski definition) is 4. The first-order chi connectivity index (χ1) is 12.6. The van der Waals surface area contributed by atoms with Crippen molar-refractivity contribution in [3.05, 3.63) is 73.6 Å². The third kappa shape index (κ3) is 3.83. The van der Waals surface area contributed by atoms with E-state index < -0.39 is 0 Å². The van der Waals surface area contributed by atoms with Gasteiger partial charge in [-0.05, 0) is 61.7 Å². The van der Waals surface area contributed by atoms with Gasteiger partial charge in [0.15, 0.2) is 5.82 Å². The predicted molar refractivity (Wildman–Crippen MR) is 110 cm³/mol. The lowest BCUT2D eigenvalue weighted by Crippen LogP contribution is -2.31. The second-order valence-corrected chi connectivity index (χ2v) is 8.36. The van der Waals surface area contributed by atoms with Gasteiger partial charge >= 0.3 is 0 Å². The first-order valence-electron chi connectivity index (χ1n) is 8.21. The highest BCUT2D eigenvalue weighted by molar-refractivity contribution is 9.11. The van der Waals surface area contributed by atoms with Gasteiger partial charge in [-0.15, -0.1) is 0 Å². The first-order valence-corrected chi connectivity index (χ1v) is 10.2. The van der Waals surface area contributed by atoms with Crippen LogP contribution in [0.2, 0.25) is 5.02 Å². The summed E-state index contributed by atoms with van der Waals surface area (Å²) in [7, 11) is 0. The van der Waals surface area contributed by atoms with Gasteiger partial charge in [-0.3, -0.25) is 9.88 Å². The summed E-state index contributed by atoms with van der Waals surface area (Å²) in [6, 6.07) is 7.65. The molecule has 4 rings (SSSR count). The van der Waals surface area contributed by atoms with Gasteiger partial charge in [0.2, 0.25) is 0 Å². The molecule has 0 bridgehead atoms. The Morgan fingerprint density at radius 1 is 1.04 bits per heavy atom. The Bertz CT molecular complexity index is 927. The zero-order chi connectivity index (χ0) is 18.1. The lowest BCUT2D eigenvalue weighted by atomic mass is 10.1. The number of pyridine rings is 1. The number of fused-ring (bicyclic) bond motifs is 1. The van der Waals surface area contributed by atoms with Crippen molar-refractivity contribution in [2.24, 2.45) is 0 Å². The predicted octanol–water partition coefficient (Wildman–Crippen LogP) is 5.28. The van der Waals surface area contributed by atoms with E-state index in [1.165, 1.54) is 11.1 Å². The van der Waals surface area contributed by atoms with Crippen molar-refractivity contribution in [3.63, 3.8) is 0 Å². The molecule has 1 aliphatic rings. The van der Waals surface area contributed by atoms with E-state index in [-0.39, 0.29) is 0 Å². The van der Waals surface area contributed by atoms with Crippen LogP contribution in [-0.4, -0.2) is 26.4 Å². The van der Waals surface area contributed by atoms with Crippen LogP contribution in [0.4, 0.5) is 0 Å². The fourth-order valence-corrected chi connectivity index (χ4v) is 4.37. The fraction of sp³-hybridized carbons (Fsp3) is 0.211. The van der Waals surface area contributed by atoms with Gasteiger partial charge in [-0.25, -0.2) is 9.97 Å². The molecule has 4 nitrogen and oxygen atoms in total. The normalized spacial score (nSPS) is 14.3. The molecule has 0 radical (unpaired) electrons. The van der Waals surface area contributed by atoms with E-state index in [4.69, 9.17) is 16.6 Å². The summed E-state index contributed by atoms with van der Waals surface area (Å²) in [5.74, 6) is 0.758. The average molecular weight is 495 g/mol. The fourth-order valence-electron chi connectivity index (χ4n) is 3.06. The summed E-state index contributed by atoms with van der Waals surface area (Å²) in [6.07, 6.45) is 6.53. The Hall–Kier alpha value is -1.34. The number of benzene rings is 1. The molecule has 0 saturated carbocycles. The van der Waals surface area contributed by atoms with E-state index in [0.29, 0.717) is 0 Å². The van der Waals surface area contributed by atoms with Crippen LogP contribution < -0.4 is 0 Å². The highest BCUT2D eigenvalue weighted by Crippen LogP contribution is 2.28. The SMILES string of the molecule is Clc1ccc(-c2ncc3c(n2)CCN(Cc2c(Br)cncc2Br)C3)cc1. The molecule has 0 fully saturated rings. The Morgan fingerprint density at radius 3 is 2.50 bits per heavy atom. The standard InChI is InChI=1S/C19H15Br2ClN4/c20-16-8-23-9-17(21)15(16)11-26-6-5-18-13(10-26)7-24-19(25-18)12-1-3-14(22)4-2-12/h1-4,7-9H,5-6,10-11H2. The molecular weight excluding hydrogens is 479 g/mol. The van der Waals surface area contributed by atoms with Gasteiger partial charge in [0.25, 0.3) is 0 Å². The van der Waals surface area contributed by atoms with E-state index in [1.807, 2.05) is 42.9 Å². The minimum Gasteiger partial charge on any atom is -0.294 e. The molecule has 3 heterocycles. The molecule has 2 aromatic heterocycles. The zero-order valence-electron chi connectivity index (χ0n) is 13.8. The van der Waals surface area contributed by atoms with E-state index in [2.05, 4.69) is 46.7 Å². The van der Waals surface area contributed by atoms with E-state index in [0.717, 1.165) is 57.1 Å². The number of nitrogens with zero attached hydrogens (tertiary/aromatic N) is 4. The number of rotatable bonds is 3. The molecule has 0 unspecified atom stereocenters. The third-order valence-electron chi connectivity index (χ3n) is 4.45. The van der Waals surface area contributed by atoms with Gasteiger partial charge in [-0.1, -0.05) is 11.6 Å². The molecule has 7 heteroatoms. The lowest BCUT2D eigenvalue weighted by Gasteiger charge is -2.28. The molecular formula is C19H15Br2ClN4. The van der Waals surface area contributed by atoms with Crippen molar-refractivity contribution in [1.29, 1.82) is 0 Å². The van der Waals surface area contributed by atoms with Crippen LogP contribution in [-0.2, 0) is 19.5 Å². The maximum Gasteiger partial charge on any atom is 0.159 e. The summed E-state index contributed by atoms with van der Waals surface area (Å²) >= 11 is 13.1. The molecule has 0 atom stereocenters. The number of halogens is 3. The van der Waals surface area contributed by atoms with Crippen LogP contribution in [0.15, 0.2) is 51.8 Å². The molecule has 1 aliphatic heterocycles. The van der Waals surface area contributed by atoms with Crippen LogP contribution in [0.3, 0.4) is 0 Å². The van der Waals surface area contributed by atoms with Gasteiger partial charge in [0.1, 0.15) is 0 Å². The zero-order valence-corrected chi connectivity index (χ0v) is 17.7. The van der Waals surface area contributed by atoms with Crippen molar-refractivity contribution in [3.8, 4) is 11.4 Å². The summed E-state index contributed by atoms with van der Waals surface area (Å²) in [4.78, 5) is 15.9. The monoisotopic (exact) mass is 492 g/mol. The van der Waals surface area contributed by atoms with Gasteiger partial charge in [0.05, 0.1) is 5.69 Å². The average Bonchev–Trinajstić information content (AvgIpc) is 2.65. The summed E-state index contributed by atoms with van der Waals surface area (Å²) in [6.45, 7) is 2.66. The lowest BCUT2D eigenvalue weighted by molar-refractivity contribution is 0.242. The summed E-state index contributed by atoms with van der Waals surface area (Å²) in [5, 5.41) is 0.718. The molecule has 1 aromatic carbocycles. The number of aromatic nitrogens is 3. The maximum absolute atomic E-state index is 5.96. The van der Waals surface area contributed by atoms with Crippen molar-refractivity contribution in [1.82, 2.24) is 19.9 Å².